The van der Waals surface area contributed by atoms with Crippen molar-refractivity contribution < 1.29 is 9.31 Å². The van der Waals surface area contributed by atoms with Crippen LogP contribution in [0.5, 0.6) is 0 Å². The van der Waals surface area contributed by atoms with Gasteiger partial charge in [0.25, 0.3) is 5.69 Å². The van der Waals surface area contributed by atoms with E-state index < -0.39 is 10.7 Å². The standard InChI is InChI=1S/C14H14FN3O2/c15-12-5-6-13(14(7-12)18(19)20)17-9-11-4-2-1-3-10(11)8-16/h1-7,17H,8-9,16H2. The summed E-state index contributed by atoms with van der Waals surface area (Å²) in [7, 11) is 0. The van der Waals surface area contributed by atoms with Crippen LogP contribution in [0.4, 0.5) is 15.8 Å². The third-order valence-corrected chi connectivity index (χ3v) is 2.96. The number of nitrogens with one attached hydrogen (secondary N) is 1. The molecular formula is C14H14FN3O2. The Bertz CT molecular complexity index is 632. The van der Waals surface area contributed by atoms with Crippen molar-refractivity contribution >= 4 is 11.4 Å². The maximum atomic E-state index is 13.0. The summed E-state index contributed by atoms with van der Waals surface area (Å²) in [6, 6.07) is 11.0. The number of nitrogens with zero attached hydrogens (tertiary/aromatic N) is 1. The second-order valence-corrected chi connectivity index (χ2v) is 4.24. The van der Waals surface area contributed by atoms with E-state index in [1.807, 2.05) is 24.3 Å². The summed E-state index contributed by atoms with van der Waals surface area (Å²) in [6.07, 6.45) is 0. The van der Waals surface area contributed by atoms with Crippen molar-refractivity contribution in [1.82, 2.24) is 0 Å². The number of anilines is 1. The Balaban J connectivity index is 2.21. The summed E-state index contributed by atoms with van der Waals surface area (Å²) >= 11 is 0. The van der Waals surface area contributed by atoms with Gasteiger partial charge < -0.3 is 11.1 Å². The first-order chi connectivity index (χ1) is 9.61. The molecule has 5 nitrogen and oxygen atoms in total. The van der Waals surface area contributed by atoms with E-state index in [0.29, 0.717) is 13.1 Å². The third kappa shape index (κ3) is 3.10. The zero-order valence-corrected chi connectivity index (χ0v) is 10.7. The fourth-order valence-corrected chi connectivity index (χ4v) is 1.92. The molecule has 3 N–H and O–H groups in total. The number of nitrogens with two attached hydrogens (primary N) is 1. The SMILES string of the molecule is NCc1ccccc1CNc1ccc(F)cc1[N+](=O)[O-]. The van der Waals surface area contributed by atoms with Gasteiger partial charge in [0.05, 0.1) is 11.0 Å². The van der Waals surface area contributed by atoms with Gasteiger partial charge in [0.1, 0.15) is 11.5 Å². The largest absolute Gasteiger partial charge is 0.375 e. The Kier molecular flexibility index (Phi) is 4.27. The lowest BCUT2D eigenvalue weighted by atomic mass is 10.1. The Hall–Kier alpha value is -2.47. The van der Waals surface area contributed by atoms with Gasteiger partial charge in [-0.05, 0) is 23.3 Å². The van der Waals surface area contributed by atoms with Crippen LogP contribution in [0.3, 0.4) is 0 Å². The fraction of sp³-hybridized carbons (Fsp3) is 0.143. The second-order valence-electron chi connectivity index (χ2n) is 4.24. The number of nitro benzene ring substituents is 1. The first-order valence-corrected chi connectivity index (χ1v) is 6.06. The number of nitro groups is 1. The quantitative estimate of drug-likeness (QED) is 0.649. The van der Waals surface area contributed by atoms with Crippen molar-refractivity contribution in [3.63, 3.8) is 0 Å². The number of benzene rings is 2. The summed E-state index contributed by atoms with van der Waals surface area (Å²) < 4.78 is 13.0. The molecule has 0 heterocycles. The minimum Gasteiger partial charge on any atom is -0.375 e. The van der Waals surface area contributed by atoms with Gasteiger partial charge in [0.15, 0.2) is 0 Å². The highest BCUT2D eigenvalue weighted by molar-refractivity contribution is 5.61. The molecular weight excluding hydrogens is 261 g/mol. The topological polar surface area (TPSA) is 81.2 Å². The molecule has 0 radical (unpaired) electrons. The van der Waals surface area contributed by atoms with Gasteiger partial charge in [0, 0.05) is 13.1 Å². The van der Waals surface area contributed by atoms with Gasteiger partial charge in [-0.1, -0.05) is 24.3 Å². The molecule has 0 bridgehead atoms. The average Bonchev–Trinajstić information content (AvgIpc) is 2.46. The van der Waals surface area contributed by atoms with Crippen LogP contribution >= 0.6 is 0 Å². The lowest BCUT2D eigenvalue weighted by Crippen LogP contribution is -2.07. The summed E-state index contributed by atoms with van der Waals surface area (Å²) in [5.74, 6) is -0.635. The lowest BCUT2D eigenvalue weighted by Gasteiger charge is -2.10. The van der Waals surface area contributed by atoms with Gasteiger partial charge >= 0.3 is 0 Å². The zero-order chi connectivity index (χ0) is 14.5. The van der Waals surface area contributed by atoms with E-state index in [1.165, 1.54) is 12.1 Å². The van der Waals surface area contributed by atoms with Crippen LogP contribution < -0.4 is 11.1 Å². The van der Waals surface area contributed by atoms with Crippen molar-refractivity contribution in [1.29, 1.82) is 0 Å². The first-order valence-electron chi connectivity index (χ1n) is 6.06. The van der Waals surface area contributed by atoms with E-state index in [9.17, 15) is 14.5 Å². The maximum absolute atomic E-state index is 13.0. The third-order valence-electron chi connectivity index (χ3n) is 2.96. The van der Waals surface area contributed by atoms with Gasteiger partial charge in [0.2, 0.25) is 0 Å². The van der Waals surface area contributed by atoms with Crippen LogP contribution in [0.25, 0.3) is 0 Å². The minimum absolute atomic E-state index is 0.281. The Labute approximate surface area is 115 Å². The Morgan fingerprint density at radius 2 is 1.90 bits per heavy atom. The molecule has 0 saturated heterocycles. The monoisotopic (exact) mass is 275 g/mol. The van der Waals surface area contributed by atoms with E-state index in [1.54, 1.807) is 0 Å². The van der Waals surface area contributed by atoms with E-state index in [-0.39, 0.29) is 11.4 Å². The van der Waals surface area contributed by atoms with Crippen LogP contribution in [0.2, 0.25) is 0 Å². The molecule has 0 aliphatic carbocycles. The molecule has 104 valence electrons. The van der Waals surface area contributed by atoms with Gasteiger partial charge in [-0.25, -0.2) is 4.39 Å². The normalized spacial score (nSPS) is 10.3. The molecule has 0 amide bonds. The zero-order valence-electron chi connectivity index (χ0n) is 10.7. The van der Waals surface area contributed by atoms with E-state index in [0.717, 1.165) is 17.2 Å². The highest BCUT2D eigenvalue weighted by atomic mass is 19.1. The lowest BCUT2D eigenvalue weighted by molar-refractivity contribution is -0.384. The molecule has 0 saturated carbocycles. The summed E-state index contributed by atoms with van der Waals surface area (Å²) in [5.41, 5.74) is 7.55. The van der Waals surface area contributed by atoms with Crippen LogP contribution in [-0.4, -0.2) is 4.92 Å². The van der Waals surface area contributed by atoms with Crippen molar-refractivity contribution in [3.05, 3.63) is 69.5 Å². The highest BCUT2D eigenvalue weighted by Crippen LogP contribution is 2.25. The molecule has 0 atom stereocenters. The van der Waals surface area contributed by atoms with Crippen LogP contribution in [0, 0.1) is 15.9 Å². The number of halogens is 1. The molecule has 2 rings (SSSR count). The average molecular weight is 275 g/mol. The summed E-state index contributed by atoms with van der Waals surface area (Å²) in [4.78, 5) is 10.3. The fourth-order valence-electron chi connectivity index (χ4n) is 1.92. The Morgan fingerprint density at radius 1 is 1.20 bits per heavy atom. The van der Waals surface area contributed by atoms with E-state index in [2.05, 4.69) is 5.32 Å². The van der Waals surface area contributed by atoms with Crippen LogP contribution in [0.1, 0.15) is 11.1 Å². The molecule has 0 fully saturated rings. The maximum Gasteiger partial charge on any atom is 0.295 e. The second kappa shape index (κ2) is 6.12. The highest BCUT2D eigenvalue weighted by Gasteiger charge is 2.14. The van der Waals surface area contributed by atoms with Crippen molar-refractivity contribution in [2.24, 2.45) is 5.73 Å². The first kappa shape index (κ1) is 14.0. The molecule has 2 aromatic carbocycles. The molecule has 0 unspecified atom stereocenters. The van der Waals surface area contributed by atoms with E-state index in [4.69, 9.17) is 5.73 Å². The van der Waals surface area contributed by atoms with Crippen molar-refractivity contribution in [2.45, 2.75) is 13.1 Å². The summed E-state index contributed by atoms with van der Waals surface area (Å²) in [6.45, 7) is 0.781. The predicted molar refractivity (Wildman–Crippen MR) is 74.7 cm³/mol. The predicted octanol–water partition coefficient (Wildman–Crippen LogP) is 2.80. The molecule has 0 aromatic heterocycles. The number of hydrogen-bond donors (Lipinski definition) is 2. The van der Waals surface area contributed by atoms with Crippen molar-refractivity contribution in [2.75, 3.05) is 5.32 Å². The van der Waals surface area contributed by atoms with Gasteiger partial charge in [-0.2, -0.15) is 0 Å². The number of rotatable bonds is 5. The molecule has 0 aliphatic heterocycles. The van der Waals surface area contributed by atoms with Gasteiger partial charge in [-0.3, -0.25) is 10.1 Å². The molecule has 2 aromatic rings. The molecule has 0 spiro atoms. The number of hydrogen-bond acceptors (Lipinski definition) is 4. The summed E-state index contributed by atoms with van der Waals surface area (Å²) in [5, 5.41) is 13.8. The molecule has 20 heavy (non-hydrogen) atoms. The molecule has 6 heteroatoms. The van der Waals surface area contributed by atoms with Gasteiger partial charge in [-0.15, -0.1) is 0 Å². The minimum atomic E-state index is -0.635. The molecule has 0 aliphatic rings. The van der Waals surface area contributed by atoms with Crippen LogP contribution in [0.15, 0.2) is 42.5 Å². The van der Waals surface area contributed by atoms with E-state index >= 15 is 0 Å². The smallest absolute Gasteiger partial charge is 0.295 e. The van der Waals surface area contributed by atoms with Crippen LogP contribution in [-0.2, 0) is 13.1 Å². The van der Waals surface area contributed by atoms with Crippen molar-refractivity contribution in [3.8, 4) is 0 Å². The Morgan fingerprint density at radius 3 is 2.55 bits per heavy atom.